The van der Waals surface area contributed by atoms with Crippen LogP contribution in [0.1, 0.15) is 45.8 Å². The van der Waals surface area contributed by atoms with Gasteiger partial charge in [-0.1, -0.05) is 25.5 Å². The fourth-order valence-electron chi connectivity index (χ4n) is 1.21. The number of nitrogens with zero attached hydrogens (tertiary/aromatic N) is 2. The first-order valence-corrected chi connectivity index (χ1v) is 6.65. The monoisotopic (exact) mass is 324 g/mol. The number of carbonyl (C=O) groups excluding carboxylic acids is 3. The van der Waals surface area contributed by atoms with E-state index in [0.29, 0.717) is 6.21 Å². The van der Waals surface area contributed by atoms with Gasteiger partial charge in [0.05, 0.1) is 10.2 Å². The van der Waals surface area contributed by atoms with Gasteiger partial charge in [0.1, 0.15) is 6.10 Å². The van der Waals surface area contributed by atoms with Crippen LogP contribution in [0, 0.1) is 0 Å². The average Bonchev–Trinajstić information content (AvgIpc) is 2.52. The Morgan fingerprint density at radius 2 is 2.19 bits per heavy atom. The number of thioether (sulfide) groups is 1. The second-order valence-electron chi connectivity index (χ2n) is 3.89. The molecule has 0 rings (SSSR count). The van der Waals surface area contributed by atoms with E-state index in [1.807, 2.05) is 0 Å². The molecule has 0 saturated heterocycles. The molecule has 1 N–H and O–H groups in total. The number of Topliss-reactive ketones (excluding diaryl/α,β-unsaturated/α-hetero) is 1. The molecule has 0 heterocycles. The van der Waals surface area contributed by atoms with E-state index in [-0.39, 0.29) is 11.8 Å². The van der Waals surface area contributed by atoms with Crippen molar-refractivity contribution in [2.45, 2.75) is 50.9 Å². The Balaban J connectivity index is 5.55. The summed E-state index contributed by atoms with van der Waals surface area (Å²) in [5, 5.41) is -1.02. The van der Waals surface area contributed by atoms with E-state index in [2.05, 4.69) is 14.8 Å². The highest BCUT2D eigenvalue weighted by Crippen LogP contribution is 2.16. The van der Waals surface area contributed by atoms with Crippen molar-refractivity contribution in [1.82, 2.24) is 5.32 Å². The van der Waals surface area contributed by atoms with Gasteiger partial charge < -0.3 is 15.6 Å². The molecular weight excluding hydrogens is 294 g/mol. The van der Waals surface area contributed by atoms with E-state index in [1.165, 1.54) is 0 Å². The van der Waals surface area contributed by atoms with Crippen LogP contribution in [0.5, 0.6) is 0 Å². The molecule has 7 nitrogen and oxygen atoms in total. The van der Waals surface area contributed by atoms with E-state index in [4.69, 9.17) is 17.9 Å². The topological polar surface area (TPSA) is 109 Å². The van der Waals surface area contributed by atoms with Crippen molar-refractivity contribution in [1.29, 1.82) is 0 Å². The standard InChI is InChI=1S/C13H21N3O4S/c1-8(2)21-13(19)11(6-5-10(17)7-15-14)16-12(18)9(3)20-4/h7-9,11H,5-6H2,1-4H3,(H,16,18)/t9-,11-/m0/s1/i1D3,2D3,4D3. The van der Waals surface area contributed by atoms with Crippen molar-refractivity contribution in [2.24, 2.45) is 0 Å². The molecular formula is C13H21N3O4S. The van der Waals surface area contributed by atoms with Gasteiger partial charge in [0, 0.05) is 26.9 Å². The summed E-state index contributed by atoms with van der Waals surface area (Å²) in [7, 11) is -2.91. The lowest BCUT2D eigenvalue weighted by Gasteiger charge is -2.19. The fourth-order valence-corrected chi connectivity index (χ4v) is 1.78. The van der Waals surface area contributed by atoms with E-state index in [9.17, 15) is 14.4 Å². The molecule has 0 saturated carbocycles. The summed E-state index contributed by atoms with van der Waals surface area (Å²) in [4.78, 5) is 38.7. The second kappa shape index (κ2) is 10.3. The zero-order valence-corrected chi connectivity index (χ0v) is 12.0. The summed E-state index contributed by atoms with van der Waals surface area (Å²) in [5.41, 5.74) is 8.35. The summed E-state index contributed by atoms with van der Waals surface area (Å²) in [6.45, 7) is -4.97. The molecule has 0 aliphatic rings. The number of nitrogens with one attached hydrogen (secondary N) is 1. The molecule has 118 valence electrons. The molecule has 0 aromatic rings. The zero-order chi connectivity index (χ0) is 23.9. The second-order valence-corrected chi connectivity index (χ2v) is 5.00. The number of hydrogen-bond donors (Lipinski definition) is 1. The Morgan fingerprint density at radius 1 is 1.48 bits per heavy atom. The first-order chi connectivity index (χ1) is 13.4. The smallest absolute Gasteiger partial charge is 0.323 e. The van der Waals surface area contributed by atoms with Crippen molar-refractivity contribution in [3.63, 3.8) is 0 Å². The van der Waals surface area contributed by atoms with Crippen LogP contribution in [0.25, 0.3) is 5.53 Å². The Morgan fingerprint density at radius 3 is 2.76 bits per heavy atom. The quantitative estimate of drug-likeness (QED) is 0.384. The van der Waals surface area contributed by atoms with E-state index < -0.39 is 67.8 Å². The van der Waals surface area contributed by atoms with Crippen molar-refractivity contribution in [2.75, 3.05) is 7.04 Å². The van der Waals surface area contributed by atoms with Gasteiger partial charge >= 0.3 is 6.21 Å². The van der Waals surface area contributed by atoms with Crippen molar-refractivity contribution >= 4 is 34.8 Å². The Bertz CT molecular complexity index is 673. The lowest BCUT2D eigenvalue weighted by atomic mass is 10.1. The van der Waals surface area contributed by atoms with Crippen LogP contribution in [0.3, 0.4) is 0 Å². The summed E-state index contributed by atoms with van der Waals surface area (Å²) >= 11 is -0.0263. The summed E-state index contributed by atoms with van der Waals surface area (Å²) in [6, 6.07) is -1.53. The van der Waals surface area contributed by atoms with Crippen LogP contribution in [-0.2, 0) is 19.1 Å². The third kappa shape index (κ3) is 8.39. The summed E-state index contributed by atoms with van der Waals surface area (Å²) in [5.74, 6) is -1.78. The third-order valence-electron chi connectivity index (χ3n) is 2.26. The van der Waals surface area contributed by atoms with Crippen molar-refractivity contribution < 1.29 is 36.2 Å². The van der Waals surface area contributed by atoms with Crippen LogP contribution >= 0.6 is 11.8 Å². The van der Waals surface area contributed by atoms with Crippen LogP contribution in [0.15, 0.2) is 0 Å². The van der Waals surface area contributed by atoms with E-state index in [0.717, 1.165) is 6.92 Å². The number of hydrogen-bond acceptors (Lipinski definition) is 5. The van der Waals surface area contributed by atoms with Gasteiger partial charge in [-0.05, 0) is 13.3 Å². The predicted octanol–water partition coefficient (Wildman–Crippen LogP) is 0.824. The Labute approximate surface area is 141 Å². The van der Waals surface area contributed by atoms with Crippen LogP contribution in [-0.4, -0.2) is 52.2 Å². The molecule has 0 aromatic heterocycles. The van der Waals surface area contributed by atoms with E-state index in [1.54, 1.807) is 0 Å². The first-order valence-electron chi connectivity index (χ1n) is 10.3. The maximum Gasteiger partial charge on any atom is 0.323 e. The largest absolute Gasteiger partial charge is 0.372 e. The zero-order valence-electron chi connectivity index (χ0n) is 20.2. The minimum Gasteiger partial charge on any atom is -0.372 e. The van der Waals surface area contributed by atoms with Gasteiger partial charge in [-0.15, -0.1) is 0 Å². The van der Waals surface area contributed by atoms with Gasteiger partial charge in [0.2, 0.25) is 16.8 Å². The van der Waals surface area contributed by atoms with Crippen LogP contribution < -0.4 is 5.32 Å². The number of amides is 1. The molecule has 8 heteroatoms. The molecule has 21 heavy (non-hydrogen) atoms. The highest BCUT2D eigenvalue weighted by Gasteiger charge is 2.25. The summed E-state index contributed by atoms with van der Waals surface area (Å²) < 4.78 is 69.5. The molecule has 2 atom stereocenters. The van der Waals surface area contributed by atoms with Crippen LogP contribution in [0.4, 0.5) is 0 Å². The normalized spacial score (nSPS) is 21.3. The first kappa shape index (κ1) is 8.82. The molecule has 1 amide bonds. The average molecular weight is 324 g/mol. The van der Waals surface area contributed by atoms with Crippen molar-refractivity contribution in [3.8, 4) is 0 Å². The van der Waals surface area contributed by atoms with Gasteiger partial charge in [0.15, 0.2) is 0 Å². The lowest BCUT2D eigenvalue weighted by Crippen LogP contribution is -2.45. The molecule has 0 radical (unpaired) electrons. The lowest BCUT2D eigenvalue weighted by molar-refractivity contribution is -0.132. The third-order valence-corrected chi connectivity index (χ3v) is 3.01. The number of carbonyl (C=O) groups is 3. The Kier molecular flexibility index (Phi) is 4.31. The van der Waals surface area contributed by atoms with Gasteiger partial charge in [-0.2, -0.15) is 4.79 Å². The van der Waals surface area contributed by atoms with Gasteiger partial charge in [-0.3, -0.25) is 14.4 Å². The molecule has 0 aliphatic heterocycles. The number of rotatable bonds is 9. The SMILES string of the molecule is [2H]C([2H])([2H])O[C@@H](C)C(=O)N[C@@H](CCC(=O)C=[N+]=[N-])C(=O)SC(C([2H])([2H])[2H])C([2H])([2H])[2H]. The highest BCUT2D eigenvalue weighted by molar-refractivity contribution is 8.14. The summed E-state index contributed by atoms with van der Waals surface area (Å²) in [6.07, 6.45) is -1.79. The predicted molar refractivity (Wildman–Crippen MR) is 80.1 cm³/mol. The molecule has 0 aromatic carbocycles. The minimum atomic E-state index is -3.03. The minimum absolute atomic E-state index is 0.0263. The maximum atomic E-state index is 12.6. The van der Waals surface area contributed by atoms with Crippen LogP contribution in [0.2, 0.25) is 0 Å². The number of ether oxygens (including phenoxy) is 1. The maximum absolute atomic E-state index is 12.6. The molecule has 0 bridgehead atoms. The molecule has 0 fully saturated rings. The molecule has 0 aliphatic carbocycles. The molecule has 0 unspecified atom stereocenters. The number of ketones is 1. The molecule has 0 spiro atoms. The fraction of sp³-hybridized carbons (Fsp3) is 0.692. The Hall–Kier alpha value is -1.50. The van der Waals surface area contributed by atoms with Gasteiger partial charge in [0.25, 0.3) is 0 Å². The van der Waals surface area contributed by atoms with Crippen molar-refractivity contribution in [3.05, 3.63) is 5.53 Å². The number of methoxy groups -OCH3 is 1. The highest BCUT2D eigenvalue weighted by atomic mass is 32.2. The van der Waals surface area contributed by atoms with E-state index >= 15 is 0 Å². The van der Waals surface area contributed by atoms with Gasteiger partial charge in [-0.25, -0.2) is 0 Å².